The minimum absolute atomic E-state index is 0.121. The molecule has 7 nitrogen and oxygen atoms in total. The van der Waals surface area contributed by atoms with E-state index in [4.69, 9.17) is 11.5 Å². The van der Waals surface area contributed by atoms with Crippen molar-refractivity contribution in [3.63, 3.8) is 0 Å². The summed E-state index contributed by atoms with van der Waals surface area (Å²) in [5, 5.41) is 7.79. The zero-order valence-corrected chi connectivity index (χ0v) is 14.3. The molecule has 1 saturated carbocycles. The van der Waals surface area contributed by atoms with Gasteiger partial charge in [-0.05, 0) is 43.7 Å². The van der Waals surface area contributed by atoms with Gasteiger partial charge in [-0.2, -0.15) is 5.10 Å². The molecule has 126 valence electrons. The summed E-state index contributed by atoms with van der Waals surface area (Å²) >= 11 is 1.29. The largest absolute Gasteiger partial charge is 0.383 e. The molecule has 0 unspecified atom stereocenters. The van der Waals surface area contributed by atoms with Gasteiger partial charge in [-0.3, -0.25) is 9.59 Å². The van der Waals surface area contributed by atoms with Crippen LogP contribution in [0.1, 0.15) is 39.1 Å². The number of nitrogens with one attached hydrogen (secondary N) is 1. The van der Waals surface area contributed by atoms with Gasteiger partial charge in [-0.25, -0.2) is 4.68 Å². The Morgan fingerprint density at radius 2 is 2.08 bits per heavy atom. The highest BCUT2D eigenvalue weighted by molar-refractivity contribution is 7.98. The van der Waals surface area contributed by atoms with Gasteiger partial charge in [0.1, 0.15) is 16.4 Å². The molecule has 1 aliphatic carbocycles. The van der Waals surface area contributed by atoms with Crippen molar-refractivity contribution >= 4 is 29.4 Å². The molecule has 5 N–H and O–H groups in total. The van der Waals surface area contributed by atoms with Crippen LogP contribution in [0.4, 0.5) is 5.82 Å². The van der Waals surface area contributed by atoms with Gasteiger partial charge in [0.25, 0.3) is 11.8 Å². The summed E-state index contributed by atoms with van der Waals surface area (Å²) in [4.78, 5) is 23.9. The van der Waals surface area contributed by atoms with Crippen molar-refractivity contribution in [1.82, 2.24) is 15.1 Å². The van der Waals surface area contributed by atoms with Gasteiger partial charge in [0.05, 0.1) is 5.69 Å². The van der Waals surface area contributed by atoms with Crippen molar-refractivity contribution in [1.29, 1.82) is 0 Å². The monoisotopic (exact) mass is 345 g/mol. The summed E-state index contributed by atoms with van der Waals surface area (Å²) in [6.45, 7) is 1.89. The topological polar surface area (TPSA) is 116 Å². The molecule has 2 amide bonds. The van der Waals surface area contributed by atoms with Crippen molar-refractivity contribution in [3.8, 4) is 5.69 Å². The smallest absolute Gasteiger partial charge is 0.255 e. The quantitative estimate of drug-likeness (QED) is 0.710. The molecule has 2 aromatic rings. The van der Waals surface area contributed by atoms with E-state index in [1.54, 1.807) is 18.4 Å². The zero-order valence-electron chi connectivity index (χ0n) is 13.5. The Hall–Kier alpha value is -2.48. The number of nitrogen functional groups attached to an aromatic ring is 1. The van der Waals surface area contributed by atoms with E-state index in [0.717, 1.165) is 18.4 Å². The number of hydrogen-bond donors (Lipinski definition) is 3. The molecule has 1 aliphatic rings. The molecule has 1 aromatic carbocycles. The molecular weight excluding hydrogens is 326 g/mol. The van der Waals surface area contributed by atoms with Crippen LogP contribution in [0.15, 0.2) is 23.2 Å². The van der Waals surface area contributed by atoms with Crippen molar-refractivity contribution in [2.75, 3.05) is 12.0 Å². The van der Waals surface area contributed by atoms with E-state index in [0.29, 0.717) is 16.3 Å². The van der Waals surface area contributed by atoms with Crippen LogP contribution in [-0.4, -0.2) is 33.9 Å². The maximum atomic E-state index is 12.3. The molecule has 0 atom stereocenters. The predicted molar refractivity (Wildman–Crippen MR) is 93.5 cm³/mol. The molecule has 0 aliphatic heterocycles. The fraction of sp³-hybridized carbons (Fsp3) is 0.312. The number of benzene rings is 1. The Morgan fingerprint density at radius 3 is 2.62 bits per heavy atom. The normalized spacial score (nSPS) is 13.8. The van der Waals surface area contributed by atoms with E-state index in [1.165, 1.54) is 16.4 Å². The Bertz CT molecular complexity index is 826. The average molecular weight is 345 g/mol. The average Bonchev–Trinajstić information content (AvgIpc) is 3.28. The Balaban J connectivity index is 2.05. The summed E-state index contributed by atoms with van der Waals surface area (Å²) in [6, 6.07) is 5.61. The fourth-order valence-electron chi connectivity index (χ4n) is 2.44. The van der Waals surface area contributed by atoms with Gasteiger partial charge < -0.3 is 16.8 Å². The lowest BCUT2D eigenvalue weighted by molar-refractivity contribution is 0.0949. The number of anilines is 1. The first-order valence-corrected chi connectivity index (χ1v) is 8.79. The van der Waals surface area contributed by atoms with E-state index >= 15 is 0 Å². The first-order valence-electron chi connectivity index (χ1n) is 7.56. The van der Waals surface area contributed by atoms with E-state index in [2.05, 4.69) is 10.4 Å². The number of rotatable bonds is 5. The molecule has 0 spiro atoms. The van der Waals surface area contributed by atoms with Crippen LogP contribution in [0.25, 0.3) is 5.69 Å². The van der Waals surface area contributed by atoms with Crippen molar-refractivity contribution in [2.24, 2.45) is 5.73 Å². The number of amides is 2. The SMILES string of the molecule is CSc1nn(-c2cc(C(=O)NC3CC3)ccc2C)c(N)c1C(N)=O. The lowest BCUT2D eigenvalue weighted by atomic mass is 10.1. The minimum atomic E-state index is -0.622. The Labute approximate surface area is 143 Å². The number of nitrogens with zero attached hydrogens (tertiary/aromatic N) is 2. The van der Waals surface area contributed by atoms with Gasteiger partial charge in [0, 0.05) is 11.6 Å². The van der Waals surface area contributed by atoms with Crippen LogP contribution < -0.4 is 16.8 Å². The van der Waals surface area contributed by atoms with Crippen LogP contribution in [0.5, 0.6) is 0 Å². The number of hydrogen-bond acceptors (Lipinski definition) is 5. The second-order valence-electron chi connectivity index (χ2n) is 5.79. The summed E-state index contributed by atoms with van der Waals surface area (Å²) in [5.74, 6) is -0.567. The highest BCUT2D eigenvalue weighted by Crippen LogP contribution is 2.28. The predicted octanol–water partition coefficient (Wildman–Crippen LogP) is 1.48. The number of carbonyl (C=O) groups excluding carboxylic acids is 2. The third kappa shape index (κ3) is 2.96. The summed E-state index contributed by atoms with van der Waals surface area (Å²) in [5.41, 5.74) is 13.8. The Kier molecular flexibility index (Phi) is 4.23. The number of aryl methyl sites for hydroxylation is 1. The van der Waals surface area contributed by atoms with Gasteiger partial charge >= 0.3 is 0 Å². The number of aromatic nitrogens is 2. The molecular formula is C16H19N5O2S. The molecule has 0 radical (unpaired) electrons. The van der Waals surface area contributed by atoms with Crippen LogP contribution in [-0.2, 0) is 0 Å². The lowest BCUT2D eigenvalue weighted by Gasteiger charge is -2.11. The first kappa shape index (κ1) is 16.4. The Morgan fingerprint density at radius 1 is 1.38 bits per heavy atom. The standard InChI is InChI=1S/C16H19N5O2S/c1-8-3-4-9(15(23)19-10-5-6-10)7-11(8)21-13(17)12(14(18)22)16(20-21)24-2/h3-4,7,10H,5-6,17H2,1-2H3,(H2,18,22)(H,19,23). The number of nitrogens with two attached hydrogens (primary N) is 2. The third-order valence-electron chi connectivity index (χ3n) is 3.94. The molecule has 24 heavy (non-hydrogen) atoms. The van der Waals surface area contributed by atoms with E-state index in [-0.39, 0.29) is 23.3 Å². The first-order chi connectivity index (χ1) is 11.4. The van der Waals surface area contributed by atoms with E-state index < -0.39 is 5.91 Å². The summed E-state index contributed by atoms with van der Waals surface area (Å²) < 4.78 is 1.47. The van der Waals surface area contributed by atoms with E-state index in [1.807, 2.05) is 13.0 Å². The zero-order chi connectivity index (χ0) is 17.4. The molecule has 1 fully saturated rings. The lowest BCUT2D eigenvalue weighted by Crippen LogP contribution is -2.25. The molecule has 3 rings (SSSR count). The molecule has 0 bridgehead atoms. The summed E-state index contributed by atoms with van der Waals surface area (Å²) in [6.07, 6.45) is 3.84. The number of primary amides is 1. The van der Waals surface area contributed by atoms with Crippen LogP contribution in [0, 0.1) is 6.92 Å². The maximum absolute atomic E-state index is 12.3. The van der Waals surface area contributed by atoms with Crippen molar-refractivity contribution in [2.45, 2.75) is 30.8 Å². The van der Waals surface area contributed by atoms with E-state index in [9.17, 15) is 9.59 Å². The van der Waals surface area contributed by atoms with Crippen molar-refractivity contribution in [3.05, 3.63) is 34.9 Å². The second-order valence-corrected chi connectivity index (χ2v) is 6.59. The highest BCUT2D eigenvalue weighted by atomic mass is 32.2. The van der Waals surface area contributed by atoms with Gasteiger partial charge in [0.15, 0.2) is 0 Å². The number of thioether (sulfide) groups is 1. The van der Waals surface area contributed by atoms with Crippen LogP contribution >= 0.6 is 11.8 Å². The van der Waals surface area contributed by atoms with Crippen LogP contribution in [0.3, 0.4) is 0 Å². The molecule has 1 heterocycles. The van der Waals surface area contributed by atoms with Gasteiger partial charge in [-0.1, -0.05) is 6.07 Å². The number of carbonyl (C=O) groups is 2. The van der Waals surface area contributed by atoms with Gasteiger partial charge in [-0.15, -0.1) is 11.8 Å². The van der Waals surface area contributed by atoms with Crippen molar-refractivity contribution < 1.29 is 9.59 Å². The molecule has 0 saturated heterocycles. The fourth-order valence-corrected chi connectivity index (χ4v) is 3.02. The third-order valence-corrected chi connectivity index (χ3v) is 4.61. The highest BCUT2D eigenvalue weighted by Gasteiger charge is 2.25. The minimum Gasteiger partial charge on any atom is -0.383 e. The van der Waals surface area contributed by atoms with Crippen LogP contribution in [0.2, 0.25) is 0 Å². The summed E-state index contributed by atoms with van der Waals surface area (Å²) in [7, 11) is 0. The molecule has 1 aromatic heterocycles. The van der Waals surface area contributed by atoms with Gasteiger partial charge in [0.2, 0.25) is 0 Å². The second kappa shape index (κ2) is 6.20. The maximum Gasteiger partial charge on any atom is 0.255 e. The molecule has 8 heteroatoms.